The van der Waals surface area contributed by atoms with Gasteiger partial charge in [-0.3, -0.25) is 0 Å². The molecule has 0 radical (unpaired) electrons. The smallest absolute Gasteiger partial charge is 0.0785 e. The Morgan fingerprint density at radius 2 is 1.11 bits per heavy atom. The molecule has 0 aliphatic carbocycles. The van der Waals surface area contributed by atoms with Crippen LogP contribution in [0.4, 0.5) is 0 Å². The van der Waals surface area contributed by atoms with Crippen LogP contribution in [0.2, 0.25) is 0 Å². The van der Waals surface area contributed by atoms with Crippen molar-refractivity contribution in [2.24, 2.45) is 7.05 Å². The molecule has 2 heteroatoms. The van der Waals surface area contributed by atoms with Gasteiger partial charge in [-0.2, -0.15) is 0 Å². The fourth-order valence-corrected chi connectivity index (χ4v) is 4.78. The van der Waals surface area contributed by atoms with Crippen molar-refractivity contribution < 1.29 is 0 Å². The molecule has 0 aliphatic heterocycles. The first-order valence-corrected chi connectivity index (χ1v) is 9.71. The summed E-state index contributed by atoms with van der Waals surface area (Å²) in [6.45, 7) is 2.19. The summed E-state index contributed by atoms with van der Waals surface area (Å²) in [7, 11) is 2.18. The maximum Gasteiger partial charge on any atom is 0.0785 e. The van der Waals surface area contributed by atoms with E-state index in [4.69, 9.17) is 0 Å². The molecule has 6 rings (SSSR count). The van der Waals surface area contributed by atoms with E-state index in [0.717, 1.165) is 0 Å². The third kappa shape index (κ3) is 1.87. The number of fused-ring (bicyclic) bond motifs is 7. The molecule has 28 heavy (non-hydrogen) atoms. The van der Waals surface area contributed by atoms with Gasteiger partial charge in [0.25, 0.3) is 0 Å². The quantitative estimate of drug-likeness (QED) is 0.307. The second-order valence-corrected chi connectivity index (χ2v) is 7.57. The highest BCUT2D eigenvalue weighted by atomic mass is 15.0. The lowest BCUT2D eigenvalue weighted by atomic mass is 10.1. The van der Waals surface area contributed by atoms with E-state index in [-0.39, 0.29) is 0 Å². The fraction of sp³-hybridized carbons (Fsp3) is 0.0769. The summed E-state index contributed by atoms with van der Waals surface area (Å²) in [5, 5.41) is 5.22. The van der Waals surface area contributed by atoms with Crippen LogP contribution < -0.4 is 0 Å². The van der Waals surface area contributed by atoms with Crippen molar-refractivity contribution in [2.75, 3.05) is 0 Å². The van der Waals surface area contributed by atoms with Gasteiger partial charge in [-0.05, 0) is 30.7 Å². The molecule has 4 aromatic carbocycles. The van der Waals surface area contributed by atoms with Crippen molar-refractivity contribution in [1.82, 2.24) is 9.13 Å². The average Bonchev–Trinajstić information content (AvgIpc) is 3.22. The molecule has 0 amide bonds. The first-order chi connectivity index (χ1) is 13.8. The van der Waals surface area contributed by atoms with Crippen LogP contribution >= 0.6 is 0 Å². The van der Waals surface area contributed by atoms with Crippen LogP contribution in [0.3, 0.4) is 0 Å². The minimum atomic E-state index is 1.24. The summed E-state index contributed by atoms with van der Waals surface area (Å²) >= 11 is 0. The second-order valence-electron chi connectivity index (χ2n) is 7.57. The van der Waals surface area contributed by atoms with E-state index in [0.29, 0.717) is 0 Å². The van der Waals surface area contributed by atoms with Gasteiger partial charge in [0.15, 0.2) is 0 Å². The molecule has 0 unspecified atom stereocenters. The van der Waals surface area contributed by atoms with E-state index in [1.54, 1.807) is 0 Å². The zero-order valence-corrected chi connectivity index (χ0v) is 16.0. The molecule has 0 N–H and O–H groups in total. The molecule has 2 heterocycles. The van der Waals surface area contributed by atoms with Gasteiger partial charge in [0.1, 0.15) is 0 Å². The van der Waals surface area contributed by atoms with Gasteiger partial charge in [0, 0.05) is 39.8 Å². The predicted octanol–water partition coefficient (Wildman–Crippen LogP) is 6.74. The molecule has 0 saturated carbocycles. The highest BCUT2D eigenvalue weighted by molar-refractivity contribution is 6.23. The number of aromatic nitrogens is 2. The highest BCUT2D eigenvalue weighted by Gasteiger charge is 2.19. The van der Waals surface area contributed by atoms with Gasteiger partial charge in [0.05, 0.1) is 16.6 Å². The molecule has 0 atom stereocenters. The van der Waals surface area contributed by atoms with Crippen LogP contribution in [0.5, 0.6) is 0 Å². The predicted molar refractivity (Wildman–Crippen MR) is 120 cm³/mol. The van der Waals surface area contributed by atoms with Crippen molar-refractivity contribution in [1.29, 1.82) is 0 Å². The summed E-state index contributed by atoms with van der Waals surface area (Å²) in [4.78, 5) is 0. The zero-order valence-electron chi connectivity index (χ0n) is 16.0. The minimum absolute atomic E-state index is 1.24. The zero-order chi connectivity index (χ0) is 18.8. The number of hydrogen-bond donors (Lipinski definition) is 0. The van der Waals surface area contributed by atoms with Gasteiger partial charge in [0.2, 0.25) is 0 Å². The van der Waals surface area contributed by atoms with E-state index >= 15 is 0 Å². The monoisotopic (exact) mass is 360 g/mol. The maximum atomic E-state index is 2.45. The Hall–Kier alpha value is -3.52. The summed E-state index contributed by atoms with van der Waals surface area (Å²) in [5.41, 5.74) is 7.62. The fourth-order valence-electron chi connectivity index (χ4n) is 4.78. The summed E-state index contributed by atoms with van der Waals surface area (Å²) in [5.74, 6) is 0. The molecular formula is C26H20N2. The van der Waals surface area contributed by atoms with Gasteiger partial charge in [-0.15, -0.1) is 0 Å². The van der Waals surface area contributed by atoms with E-state index in [1.807, 2.05) is 0 Å². The molecule has 2 nitrogen and oxygen atoms in total. The van der Waals surface area contributed by atoms with Crippen molar-refractivity contribution >= 4 is 43.6 Å². The van der Waals surface area contributed by atoms with E-state index in [9.17, 15) is 0 Å². The Kier molecular flexibility index (Phi) is 3.05. The van der Waals surface area contributed by atoms with Crippen LogP contribution in [0.1, 0.15) is 5.56 Å². The Bertz CT molecular complexity index is 1530. The number of nitrogens with zero attached hydrogens (tertiary/aromatic N) is 2. The topological polar surface area (TPSA) is 9.86 Å². The molecule has 6 aromatic rings. The second kappa shape index (κ2) is 5.49. The van der Waals surface area contributed by atoms with Gasteiger partial charge in [-0.25, -0.2) is 0 Å². The normalized spacial score (nSPS) is 11.9. The van der Waals surface area contributed by atoms with Gasteiger partial charge in [-0.1, -0.05) is 66.7 Å². The molecule has 0 aliphatic rings. The van der Waals surface area contributed by atoms with Crippen molar-refractivity contribution in [3.05, 3.63) is 90.5 Å². The summed E-state index contributed by atoms with van der Waals surface area (Å²) in [6.07, 6.45) is 0. The highest BCUT2D eigenvalue weighted by Crippen LogP contribution is 2.40. The standard InChI is InChI=1S/C26H20N2/c1-17-9-3-6-12-22(17)28-24-14-8-5-11-19(24)21-16-15-20-18-10-4-7-13-23(18)27(2)25(20)26(21)28/h3-16H,1-2H3. The first-order valence-electron chi connectivity index (χ1n) is 9.71. The molecule has 0 saturated heterocycles. The Balaban J connectivity index is 1.96. The molecule has 134 valence electrons. The van der Waals surface area contributed by atoms with Crippen molar-refractivity contribution in [2.45, 2.75) is 6.92 Å². The van der Waals surface area contributed by atoms with Gasteiger partial charge >= 0.3 is 0 Å². The van der Waals surface area contributed by atoms with Crippen molar-refractivity contribution in [3.63, 3.8) is 0 Å². The largest absolute Gasteiger partial charge is 0.342 e. The number of hydrogen-bond acceptors (Lipinski definition) is 0. The number of benzene rings is 4. The molecule has 0 spiro atoms. The summed E-state index contributed by atoms with van der Waals surface area (Å²) in [6, 6.07) is 30.7. The Morgan fingerprint density at radius 3 is 1.86 bits per heavy atom. The van der Waals surface area contributed by atoms with E-state index in [2.05, 4.69) is 108 Å². The van der Waals surface area contributed by atoms with E-state index < -0.39 is 0 Å². The summed E-state index contributed by atoms with van der Waals surface area (Å²) < 4.78 is 4.79. The number of rotatable bonds is 1. The number of para-hydroxylation sites is 3. The van der Waals surface area contributed by atoms with Crippen LogP contribution in [0.15, 0.2) is 84.9 Å². The maximum absolute atomic E-state index is 2.45. The van der Waals surface area contributed by atoms with Crippen molar-refractivity contribution in [3.8, 4) is 5.69 Å². The van der Waals surface area contributed by atoms with Gasteiger partial charge < -0.3 is 9.13 Å². The number of aryl methyl sites for hydroxylation is 2. The average molecular weight is 360 g/mol. The lowest BCUT2D eigenvalue weighted by molar-refractivity contribution is 1.01. The van der Waals surface area contributed by atoms with E-state index in [1.165, 1.54) is 54.9 Å². The lowest BCUT2D eigenvalue weighted by Crippen LogP contribution is -1.98. The van der Waals surface area contributed by atoms with Crippen LogP contribution in [0.25, 0.3) is 49.3 Å². The Morgan fingerprint density at radius 1 is 0.536 bits per heavy atom. The third-order valence-corrected chi connectivity index (χ3v) is 6.06. The molecule has 2 aromatic heterocycles. The third-order valence-electron chi connectivity index (χ3n) is 6.06. The molecular weight excluding hydrogens is 340 g/mol. The van der Waals surface area contributed by atoms with Crippen LogP contribution in [0, 0.1) is 6.92 Å². The SMILES string of the molecule is Cc1ccccc1-n1c2ccccc2c2ccc3c4ccccc4n(C)c3c21. The lowest BCUT2D eigenvalue weighted by Gasteiger charge is -2.12. The Labute approximate surface area is 163 Å². The molecule has 0 fully saturated rings. The minimum Gasteiger partial charge on any atom is -0.342 e. The first kappa shape index (κ1) is 15.5. The van der Waals surface area contributed by atoms with Crippen LogP contribution in [-0.4, -0.2) is 9.13 Å². The molecule has 0 bridgehead atoms. The van der Waals surface area contributed by atoms with Crippen LogP contribution in [-0.2, 0) is 7.05 Å².